The fraction of sp³-hybridized carbons (Fsp3) is 0.588. The van der Waals surface area contributed by atoms with Crippen LogP contribution in [0.1, 0.15) is 64.7 Å². The molecule has 0 bridgehead atoms. The van der Waals surface area contributed by atoms with Gasteiger partial charge in [0.15, 0.2) is 17.8 Å². The number of oxazole rings is 1. The number of aryl methyl sites for hydroxylation is 1. The minimum Gasteiger partial charge on any atom is -0.445 e. The highest BCUT2D eigenvalue weighted by Gasteiger charge is 2.33. The topological polar surface area (TPSA) is 68.5 Å². The summed E-state index contributed by atoms with van der Waals surface area (Å²) in [5.41, 5.74) is 1.47. The van der Waals surface area contributed by atoms with E-state index in [0.717, 1.165) is 42.9 Å². The smallest absolute Gasteiger partial charge is 0.276 e. The zero-order valence-electron chi connectivity index (χ0n) is 13.7. The molecule has 0 aromatic carbocycles. The van der Waals surface area contributed by atoms with Gasteiger partial charge >= 0.3 is 0 Å². The van der Waals surface area contributed by atoms with Crippen molar-refractivity contribution in [2.75, 3.05) is 19.7 Å². The second-order valence-corrected chi connectivity index (χ2v) is 7.37. The molecule has 6 nitrogen and oxygen atoms in total. The van der Waals surface area contributed by atoms with E-state index in [1.54, 1.807) is 11.3 Å². The van der Waals surface area contributed by atoms with Gasteiger partial charge in [-0.2, -0.15) is 0 Å². The van der Waals surface area contributed by atoms with E-state index >= 15 is 0 Å². The van der Waals surface area contributed by atoms with Crippen LogP contribution in [-0.4, -0.2) is 40.5 Å². The fourth-order valence-electron chi connectivity index (χ4n) is 3.50. The number of piperidine rings is 1. The van der Waals surface area contributed by atoms with Crippen molar-refractivity contribution in [1.29, 1.82) is 0 Å². The molecular formula is C17H21N3O3S. The van der Waals surface area contributed by atoms with E-state index in [2.05, 4.69) is 15.3 Å². The Bertz CT molecular complexity index is 720. The first-order valence-corrected chi connectivity index (χ1v) is 9.36. The van der Waals surface area contributed by atoms with Gasteiger partial charge in [-0.1, -0.05) is 0 Å². The summed E-state index contributed by atoms with van der Waals surface area (Å²) in [4.78, 5) is 23.6. The first-order chi connectivity index (χ1) is 11.7. The van der Waals surface area contributed by atoms with Crippen LogP contribution in [-0.2, 0) is 4.74 Å². The Kier molecular flexibility index (Phi) is 4.37. The summed E-state index contributed by atoms with van der Waals surface area (Å²) in [5.74, 6) is 0.858. The van der Waals surface area contributed by atoms with Crippen molar-refractivity contribution in [2.24, 2.45) is 0 Å². The van der Waals surface area contributed by atoms with Gasteiger partial charge < -0.3 is 14.1 Å². The Hall–Kier alpha value is -1.73. The lowest BCUT2D eigenvalue weighted by molar-refractivity contribution is 0.0671. The molecule has 4 heterocycles. The zero-order valence-corrected chi connectivity index (χ0v) is 14.6. The molecule has 7 heteroatoms. The lowest BCUT2D eigenvalue weighted by Crippen LogP contribution is -2.39. The Morgan fingerprint density at radius 1 is 1.38 bits per heavy atom. The number of carbonyl (C=O) groups excluding carboxylic acids is 1. The van der Waals surface area contributed by atoms with E-state index in [4.69, 9.17) is 9.15 Å². The van der Waals surface area contributed by atoms with Crippen LogP contribution in [0.3, 0.4) is 0 Å². The molecular weight excluding hydrogens is 326 g/mol. The third kappa shape index (κ3) is 2.98. The average molecular weight is 347 g/mol. The van der Waals surface area contributed by atoms with Crippen molar-refractivity contribution in [3.8, 4) is 0 Å². The predicted molar refractivity (Wildman–Crippen MR) is 89.2 cm³/mol. The number of amides is 1. The Morgan fingerprint density at radius 2 is 2.29 bits per heavy atom. The molecule has 0 saturated carbocycles. The van der Waals surface area contributed by atoms with Crippen molar-refractivity contribution in [3.63, 3.8) is 0 Å². The van der Waals surface area contributed by atoms with Crippen LogP contribution in [0.2, 0.25) is 0 Å². The number of carbonyl (C=O) groups is 1. The lowest BCUT2D eigenvalue weighted by Gasteiger charge is -2.31. The number of ether oxygens (including phenoxy) is 1. The minimum absolute atomic E-state index is 0.0489. The summed E-state index contributed by atoms with van der Waals surface area (Å²) in [7, 11) is 0. The van der Waals surface area contributed by atoms with Gasteiger partial charge in [-0.25, -0.2) is 9.97 Å². The van der Waals surface area contributed by atoms with Gasteiger partial charge in [0, 0.05) is 36.7 Å². The molecule has 2 atom stereocenters. The van der Waals surface area contributed by atoms with Gasteiger partial charge in [0.1, 0.15) is 6.10 Å². The Morgan fingerprint density at radius 3 is 3.04 bits per heavy atom. The summed E-state index contributed by atoms with van der Waals surface area (Å²) in [6.45, 7) is 4.18. The fourth-order valence-corrected chi connectivity index (χ4v) is 4.43. The van der Waals surface area contributed by atoms with Crippen LogP contribution < -0.4 is 0 Å². The third-order valence-corrected chi connectivity index (χ3v) is 5.84. The van der Waals surface area contributed by atoms with Crippen molar-refractivity contribution < 1.29 is 13.9 Å². The van der Waals surface area contributed by atoms with Gasteiger partial charge in [0.05, 0.1) is 5.01 Å². The highest BCUT2D eigenvalue weighted by atomic mass is 32.1. The van der Waals surface area contributed by atoms with Crippen molar-refractivity contribution in [2.45, 2.75) is 44.6 Å². The molecule has 1 amide bonds. The molecule has 2 aliphatic rings. The van der Waals surface area contributed by atoms with Gasteiger partial charge in [-0.05, 0) is 32.6 Å². The zero-order chi connectivity index (χ0) is 16.5. The van der Waals surface area contributed by atoms with Crippen LogP contribution in [0.5, 0.6) is 0 Å². The lowest BCUT2D eigenvalue weighted by atomic mass is 9.98. The Labute approximate surface area is 144 Å². The van der Waals surface area contributed by atoms with E-state index < -0.39 is 0 Å². The monoisotopic (exact) mass is 347 g/mol. The second kappa shape index (κ2) is 6.64. The summed E-state index contributed by atoms with van der Waals surface area (Å²) in [6.07, 6.45) is 5.17. The summed E-state index contributed by atoms with van der Waals surface area (Å²) < 4.78 is 11.1. The third-order valence-electron chi connectivity index (χ3n) is 4.71. The van der Waals surface area contributed by atoms with Crippen LogP contribution in [0.15, 0.2) is 16.2 Å². The van der Waals surface area contributed by atoms with E-state index in [1.807, 2.05) is 11.8 Å². The molecule has 2 aliphatic heterocycles. The maximum absolute atomic E-state index is 13.0. The first-order valence-electron chi connectivity index (χ1n) is 8.48. The maximum Gasteiger partial charge on any atom is 0.276 e. The Balaban J connectivity index is 1.51. The highest BCUT2D eigenvalue weighted by Crippen LogP contribution is 2.33. The molecule has 128 valence electrons. The van der Waals surface area contributed by atoms with E-state index in [-0.39, 0.29) is 12.0 Å². The predicted octanol–water partition coefficient (Wildman–Crippen LogP) is 3.31. The van der Waals surface area contributed by atoms with Crippen LogP contribution >= 0.6 is 11.3 Å². The molecule has 2 aromatic heterocycles. The molecule has 2 saturated heterocycles. The molecule has 24 heavy (non-hydrogen) atoms. The number of aromatic nitrogens is 2. The van der Waals surface area contributed by atoms with Crippen molar-refractivity contribution >= 4 is 17.2 Å². The molecule has 0 spiro atoms. The van der Waals surface area contributed by atoms with E-state index in [9.17, 15) is 4.79 Å². The van der Waals surface area contributed by atoms with Crippen LogP contribution in [0.4, 0.5) is 0 Å². The first kappa shape index (κ1) is 15.8. The molecule has 0 radical (unpaired) electrons. The standard InChI is InChI=1S/C17H21N3O3S/c1-11-9-24-16(19-11)12-4-2-6-20(8-12)17(21)14-15(23-10-18-14)13-5-3-7-22-13/h9-10,12-13H,2-8H2,1H3. The van der Waals surface area contributed by atoms with Gasteiger partial charge in [0.2, 0.25) is 0 Å². The van der Waals surface area contributed by atoms with Gasteiger partial charge in [-0.15, -0.1) is 11.3 Å². The number of nitrogens with zero attached hydrogens (tertiary/aromatic N) is 3. The number of hydrogen-bond acceptors (Lipinski definition) is 6. The molecule has 0 N–H and O–H groups in total. The normalized spacial score (nSPS) is 24.5. The number of rotatable bonds is 3. The summed E-state index contributed by atoms with van der Waals surface area (Å²) in [6, 6.07) is 0. The number of thiazole rings is 1. The van der Waals surface area contributed by atoms with E-state index in [0.29, 0.717) is 30.5 Å². The summed E-state index contributed by atoms with van der Waals surface area (Å²) in [5, 5.41) is 3.20. The molecule has 0 aliphatic carbocycles. The van der Waals surface area contributed by atoms with Crippen LogP contribution in [0.25, 0.3) is 0 Å². The number of likely N-dealkylation sites (tertiary alicyclic amines) is 1. The maximum atomic E-state index is 13.0. The summed E-state index contributed by atoms with van der Waals surface area (Å²) >= 11 is 1.69. The van der Waals surface area contributed by atoms with Crippen LogP contribution in [0, 0.1) is 6.92 Å². The quantitative estimate of drug-likeness (QED) is 0.852. The van der Waals surface area contributed by atoms with Crippen molar-refractivity contribution in [1.82, 2.24) is 14.9 Å². The van der Waals surface area contributed by atoms with Gasteiger partial charge in [0.25, 0.3) is 5.91 Å². The minimum atomic E-state index is -0.131. The number of hydrogen-bond donors (Lipinski definition) is 0. The van der Waals surface area contributed by atoms with E-state index in [1.165, 1.54) is 6.39 Å². The highest BCUT2D eigenvalue weighted by molar-refractivity contribution is 7.09. The molecule has 2 unspecified atom stereocenters. The van der Waals surface area contributed by atoms with Crippen molar-refractivity contribution in [3.05, 3.63) is 33.9 Å². The average Bonchev–Trinajstić information content (AvgIpc) is 3.34. The second-order valence-electron chi connectivity index (χ2n) is 6.48. The molecule has 4 rings (SSSR count). The SMILES string of the molecule is Cc1csc(C2CCCN(C(=O)c3ncoc3C3CCCO3)C2)n1. The largest absolute Gasteiger partial charge is 0.445 e. The molecule has 2 aromatic rings. The van der Waals surface area contributed by atoms with Gasteiger partial charge in [-0.3, -0.25) is 4.79 Å². The molecule has 2 fully saturated rings.